The molecule has 6 rings (SSSR count). The number of hydrogen-bond donors (Lipinski definition) is 0. The number of ether oxygens (including phenoxy) is 2. The van der Waals surface area contributed by atoms with Crippen LogP contribution in [0.25, 0.3) is 11.3 Å². The van der Waals surface area contributed by atoms with Gasteiger partial charge in [0.2, 0.25) is 0 Å². The van der Waals surface area contributed by atoms with E-state index in [0.29, 0.717) is 6.04 Å². The molecule has 2 bridgehead atoms. The van der Waals surface area contributed by atoms with E-state index in [1.165, 1.54) is 63.9 Å². The molecule has 36 heavy (non-hydrogen) atoms. The van der Waals surface area contributed by atoms with E-state index < -0.39 is 0 Å². The molecule has 0 amide bonds. The van der Waals surface area contributed by atoms with Crippen LogP contribution in [0.3, 0.4) is 0 Å². The fraction of sp³-hybridized carbons (Fsp3) is 0.700. The summed E-state index contributed by atoms with van der Waals surface area (Å²) in [6.45, 7) is 8.52. The highest BCUT2D eigenvalue weighted by atomic mass is 16.5. The van der Waals surface area contributed by atoms with Crippen LogP contribution in [0.5, 0.6) is 11.5 Å². The lowest BCUT2D eigenvalue weighted by Crippen LogP contribution is -2.54. The van der Waals surface area contributed by atoms with Gasteiger partial charge >= 0.3 is 0 Å². The van der Waals surface area contributed by atoms with Crippen molar-refractivity contribution in [1.29, 1.82) is 0 Å². The quantitative estimate of drug-likeness (QED) is 0.551. The Morgan fingerprint density at radius 2 is 1.58 bits per heavy atom. The maximum absolute atomic E-state index is 5.51. The first-order valence-electron chi connectivity index (χ1n) is 14.3. The van der Waals surface area contributed by atoms with E-state index in [1.807, 2.05) is 12.1 Å². The highest BCUT2D eigenvalue weighted by Crippen LogP contribution is 2.41. The largest absolute Gasteiger partial charge is 0.493 e. The molecule has 2 unspecified atom stereocenters. The van der Waals surface area contributed by atoms with Crippen LogP contribution in [0.2, 0.25) is 0 Å². The van der Waals surface area contributed by atoms with Crippen LogP contribution < -0.4 is 9.47 Å². The average Bonchev–Trinajstić information content (AvgIpc) is 3.46. The van der Waals surface area contributed by atoms with Crippen LogP contribution in [0.15, 0.2) is 24.4 Å². The first-order valence-corrected chi connectivity index (χ1v) is 14.3. The Morgan fingerprint density at radius 1 is 0.861 bits per heavy atom. The summed E-state index contributed by atoms with van der Waals surface area (Å²) in [5.74, 6) is 4.39. The maximum Gasteiger partial charge on any atom is 0.161 e. The van der Waals surface area contributed by atoms with Gasteiger partial charge in [0, 0.05) is 48.9 Å². The van der Waals surface area contributed by atoms with Crippen LogP contribution in [0.4, 0.5) is 0 Å². The Bertz CT molecular complexity index is 1040. The van der Waals surface area contributed by atoms with Gasteiger partial charge in [0.05, 0.1) is 19.9 Å². The van der Waals surface area contributed by atoms with Gasteiger partial charge in [-0.2, -0.15) is 0 Å². The van der Waals surface area contributed by atoms with Crippen LogP contribution in [0, 0.1) is 11.8 Å². The second-order valence-electron chi connectivity index (χ2n) is 12.0. The Morgan fingerprint density at radius 3 is 2.25 bits per heavy atom. The van der Waals surface area contributed by atoms with Crippen LogP contribution in [-0.4, -0.2) is 70.8 Å². The Kier molecular flexibility index (Phi) is 6.76. The van der Waals surface area contributed by atoms with Crippen molar-refractivity contribution in [1.82, 2.24) is 19.4 Å². The first kappa shape index (κ1) is 24.3. The lowest BCUT2D eigenvalue weighted by molar-refractivity contribution is 0.0181. The standard InChI is InChI=1S/C30H44N4O2/c1-20(2)34-24-7-8-25(34)17-26(16-24)32-13-11-21(12-14-32)23-6-10-30-31-27(19-33(30)18-23)22-5-9-28(35-3)29(15-22)36-4/h5,9,15,19-21,23-26H,6-8,10-14,16-18H2,1-4H3/t23-,24?,25?,26?/m0/s1. The Labute approximate surface area is 217 Å². The molecule has 196 valence electrons. The minimum absolute atomic E-state index is 0.709. The molecule has 2 aromatic rings. The van der Waals surface area contributed by atoms with Crippen molar-refractivity contribution in [3.8, 4) is 22.8 Å². The molecule has 0 N–H and O–H groups in total. The molecule has 6 nitrogen and oxygen atoms in total. The number of rotatable bonds is 6. The third-order valence-electron chi connectivity index (χ3n) is 9.83. The van der Waals surface area contributed by atoms with Crippen molar-refractivity contribution in [2.24, 2.45) is 11.8 Å². The number of piperidine rings is 2. The van der Waals surface area contributed by atoms with Gasteiger partial charge in [0.1, 0.15) is 5.82 Å². The molecule has 4 aliphatic rings. The topological polar surface area (TPSA) is 42.8 Å². The van der Waals surface area contributed by atoms with Crippen LogP contribution in [-0.2, 0) is 13.0 Å². The summed E-state index contributed by atoms with van der Waals surface area (Å²) >= 11 is 0. The summed E-state index contributed by atoms with van der Waals surface area (Å²) in [7, 11) is 3.37. The summed E-state index contributed by atoms with van der Waals surface area (Å²) in [5.41, 5.74) is 2.14. The molecule has 0 radical (unpaired) electrons. The van der Waals surface area contributed by atoms with E-state index in [0.717, 1.165) is 65.7 Å². The average molecular weight is 493 g/mol. The van der Waals surface area contributed by atoms with E-state index in [9.17, 15) is 0 Å². The summed E-state index contributed by atoms with van der Waals surface area (Å²) in [5, 5.41) is 0. The predicted octanol–water partition coefficient (Wildman–Crippen LogP) is 5.25. The van der Waals surface area contributed by atoms with Gasteiger partial charge in [-0.15, -0.1) is 0 Å². The Hall–Kier alpha value is -2.05. The smallest absolute Gasteiger partial charge is 0.161 e. The normalized spacial score (nSPS) is 29.5. The zero-order valence-electron chi connectivity index (χ0n) is 22.7. The number of nitrogens with zero attached hydrogens (tertiary/aromatic N) is 4. The third-order valence-corrected chi connectivity index (χ3v) is 9.83. The van der Waals surface area contributed by atoms with Crippen molar-refractivity contribution >= 4 is 0 Å². The number of methoxy groups -OCH3 is 2. The fourth-order valence-electron chi connectivity index (χ4n) is 8.07. The monoisotopic (exact) mass is 492 g/mol. The van der Waals surface area contributed by atoms with Crippen molar-refractivity contribution in [3.05, 3.63) is 30.2 Å². The number of fused-ring (bicyclic) bond motifs is 3. The summed E-state index contributed by atoms with van der Waals surface area (Å²) in [6, 6.07) is 9.31. The van der Waals surface area contributed by atoms with Crippen LogP contribution >= 0.6 is 0 Å². The van der Waals surface area contributed by atoms with Gasteiger partial charge in [-0.05, 0) is 102 Å². The number of benzene rings is 1. The zero-order valence-corrected chi connectivity index (χ0v) is 22.7. The van der Waals surface area contributed by atoms with E-state index >= 15 is 0 Å². The molecule has 3 atom stereocenters. The van der Waals surface area contributed by atoms with Crippen LogP contribution in [0.1, 0.15) is 64.6 Å². The SMILES string of the molecule is COc1ccc(-c2cn3c(n2)CC[C@H](C2CCN(C4CC5CCC(C4)N5C(C)C)CC2)C3)cc1OC. The molecule has 4 aliphatic heterocycles. The van der Waals surface area contributed by atoms with Gasteiger partial charge < -0.3 is 18.9 Å². The first-order chi connectivity index (χ1) is 17.5. The molecule has 6 heteroatoms. The molecule has 0 saturated carbocycles. The molecular formula is C30H44N4O2. The number of likely N-dealkylation sites (tertiary alicyclic amines) is 1. The zero-order chi connectivity index (χ0) is 24.8. The van der Waals surface area contributed by atoms with Gasteiger partial charge in [-0.25, -0.2) is 4.98 Å². The van der Waals surface area contributed by atoms with Crippen molar-refractivity contribution in [2.75, 3.05) is 27.3 Å². The van der Waals surface area contributed by atoms with E-state index in [1.54, 1.807) is 14.2 Å². The second-order valence-corrected chi connectivity index (χ2v) is 12.0. The van der Waals surface area contributed by atoms with E-state index in [-0.39, 0.29) is 0 Å². The van der Waals surface area contributed by atoms with Crippen molar-refractivity contribution in [2.45, 2.75) is 95.9 Å². The molecule has 3 fully saturated rings. The lowest BCUT2D eigenvalue weighted by Gasteiger charge is -2.47. The minimum atomic E-state index is 0.709. The molecule has 1 aromatic carbocycles. The van der Waals surface area contributed by atoms with E-state index in [4.69, 9.17) is 14.5 Å². The number of aryl methyl sites for hydroxylation is 1. The van der Waals surface area contributed by atoms with Crippen molar-refractivity contribution < 1.29 is 9.47 Å². The molecular weight excluding hydrogens is 448 g/mol. The van der Waals surface area contributed by atoms with Gasteiger partial charge in [0.15, 0.2) is 11.5 Å². The number of hydrogen-bond acceptors (Lipinski definition) is 5. The summed E-state index contributed by atoms with van der Waals surface area (Å²) < 4.78 is 13.4. The third kappa shape index (κ3) is 4.45. The minimum Gasteiger partial charge on any atom is -0.493 e. The van der Waals surface area contributed by atoms with E-state index in [2.05, 4.69) is 40.5 Å². The Balaban J connectivity index is 1.06. The van der Waals surface area contributed by atoms with Crippen molar-refractivity contribution in [3.63, 3.8) is 0 Å². The number of aromatic nitrogens is 2. The highest BCUT2D eigenvalue weighted by molar-refractivity contribution is 5.63. The van der Waals surface area contributed by atoms with Gasteiger partial charge in [0.25, 0.3) is 0 Å². The maximum atomic E-state index is 5.51. The molecule has 5 heterocycles. The molecule has 0 aliphatic carbocycles. The second kappa shape index (κ2) is 10.0. The predicted molar refractivity (Wildman–Crippen MR) is 144 cm³/mol. The summed E-state index contributed by atoms with van der Waals surface area (Å²) in [4.78, 5) is 10.7. The molecule has 3 saturated heterocycles. The number of imidazole rings is 1. The van der Waals surface area contributed by atoms with Gasteiger partial charge in [-0.3, -0.25) is 4.90 Å². The lowest BCUT2D eigenvalue weighted by atomic mass is 9.79. The van der Waals surface area contributed by atoms with Gasteiger partial charge in [-0.1, -0.05) is 0 Å². The summed E-state index contributed by atoms with van der Waals surface area (Å²) in [6.07, 6.45) is 13.0. The highest BCUT2D eigenvalue weighted by Gasteiger charge is 2.44. The fourth-order valence-corrected chi connectivity index (χ4v) is 8.07. The molecule has 1 aromatic heterocycles. The molecule has 0 spiro atoms.